The Hall–Kier alpha value is -1.63. The van der Waals surface area contributed by atoms with Gasteiger partial charge in [0.2, 0.25) is 5.91 Å². The lowest BCUT2D eigenvalue weighted by Gasteiger charge is -2.13. The molecule has 0 aliphatic carbocycles. The molecule has 0 rings (SSSR count). The van der Waals surface area contributed by atoms with Gasteiger partial charge in [-0.3, -0.25) is 9.59 Å². The summed E-state index contributed by atoms with van der Waals surface area (Å²) < 4.78 is 0. The number of aliphatic carboxylic acids is 2. The van der Waals surface area contributed by atoms with Crippen molar-refractivity contribution in [1.29, 1.82) is 0 Å². The molecule has 0 aliphatic rings. The number of rotatable bonds is 13. The molecule has 4 N–H and O–H groups in total. The van der Waals surface area contributed by atoms with E-state index in [-0.39, 0.29) is 18.7 Å². The fraction of sp³-hybridized carbons (Fsp3) is 0.842. The second-order valence-electron chi connectivity index (χ2n) is 7.03. The first kappa shape index (κ1) is 26.6. The van der Waals surface area contributed by atoms with Gasteiger partial charge < -0.3 is 20.8 Å². The van der Waals surface area contributed by atoms with Crippen molar-refractivity contribution in [1.82, 2.24) is 10.6 Å². The number of carbonyl (C=O) groups is 3. The van der Waals surface area contributed by atoms with Gasteiger partial charge in [-0.25, -0.2) is 4.79 Å². The van der Waals surface area contributed by atoms with Crippen LogP contribution in [-0.4, -0.2) is 46.2 Å². The second-order valence-corrected chi connectivity index (χ2v) is 7.03. The molecule has 0 fully saturated rings. The minimum absolute atomic E-state index is 0.0910. The molecular weight excluding hydrogens is 336 g/mol. The maximum atomic E-state index is 11.5. The molecule has 7 nitrogen and oxygen atoms in total. The van der Waals surface area contributed by atoms with Crippen LogP contribution in [0.15, 0.2) is 0 Å². The predicted molar refractivity (Wildman–Crippen MR) is 103 cm³/mol. The lowest BCUT2D eigenvalue weighted by Crippen LogP contribution is -2.41. The number of nitrogens with one attached hydrogen (secondary N) is 2. The number of amides is 1. The molecule has 0 aromatic rings. The summed E-state index contributed by atoms with van der Waals surface area (Å²) in [7, 11) is 0. The van der Waals surface area contributed by atoms with E-state index in [2.05, 4.69) is 45.3 Å². The van der Waals surface area contributed by atoms with Gasteiger partial charge in [-0.15, -0.1) is 0 Å². The van der Waals surface area contributed by atoms with Gasteiger partial charge in [0.05, 0.1) is 0 Å². The van der Waals surface area contributed by atoms with Crippen molar-refractivity contribution in [2.75, 3.05) is 0 Å². The summed E-state index contributed by atoms with van der Waals surface area (Å²) in [6.45, 7) is 10.7. The van der Waals surface area contributed by atoms with Crippen LogP contribution in [0.25, 0.3) is 0 Å². The van der Waals surface area contributed by atoms with Crippen LogP contribution in [0.3, 0.4) is 0 Å². The van der Waals surface area contributed by atoms with Crippen LogP contribution < -0.4 is 10.6 Å². The summed E-state index contributed by atoms with van der Waals surface area (Å²) in [5.41, 5.74) is 0. The van der Waals surface area contributed by atoms with Crippen molar-refractivity contribution in [3.8, 4) is 0 Å². The summed E-state index contributed by atoms with van der Waals surface area (Å²) in [5, 5.41) is 23.0. The zero-order valence-corrected chi connectivity index (χ0v) is 17.0. The quantitative estimate of drug-likeness (QED) is 0.368. The summed E-state index contributed by atoms with van der Waals surface area (Å²) >= 11 is 0. The molecule has 1 amide bonds. The van der Waals surface area contributed by atoms with Crippen LogP contribution in [0.4, 0.5) is 0 Å². The molecule has 0 aromatic heterocycles. The Labute approximate surface area is 157 Å². The predicted octanol–water partition coefficient (Wildman–Crippen LogP) is 3.17. The number of hydrogen-bond acceptors (Lipinski definition) is 4. The minimum atomic E-state index is -1.19. The molecule has 0 spiro atoms. The van der Waals surface area contributed by atoms with Crippen LogP contribution in [0.2, 0.25) is 0 Å². The highest BCUT2D eigenvalue weighted by Crippen LogP contribution is 2.06. The van der Waals surface area contributed by atoms with E-state index in [9.17, 15) is 14.4 Å². The SMILES string of the molecule is CC(C)NC(C)C.CCCCCCCC(=O)NC(CCC(=O)O)C(=O)O. The highest BCUT2D eigenvalue weighted by molar-refractivity contribution is 5.83. The molecule has 0 heterocycles. The van der Waals surface area contributed by atoms with Gasteiger partial charge in [-0.2, -0.15) is 0 Å². The third-order valence-electron chi connectivity index (χ3n) is 3.45. The summed E-state index contributed by atoms with van der Waals surface area (Å²) in [5.74, 6) is -2.59. The number of carbonyl (C=O) groups excluding carboxylic acids is 1. The fourth-order valence-corrected chi connectivity index (χ4v) is 2.35. The van der Waals surface area contributed by atoms with Crippen LogP contribution in [0.5, 0.6) is 0 Å². The van der Waals surface area contributed by atoms with Gasteiger partial charge in [-0.1, -0.05) is 60.3 Å². The number of carboxylic acid groups (broad SMARTS) is 2. The van der Waals surface area contributed by atoms with Gasteiger partial charge in [0, 0.05) is 24.9 Å². The summed E-state index contributed by atoms with van der Waals surface area (Å²) in [4.78, 5) is 32.7. The molecule has 0 aliphatic heterocycles. The van der Waals surface area contributed by atoms with E-state index in [1.54, 1.807) is 0 Å². The smallest absolute Gasteiger partial charge is 0.326 e. The maximum absolute atomic E-state index is 11.5. The van der Waals surface area contributed by atoms with Gasteiger partial charge in [0.1, 0.15) is 6.04 Å². The first-order chi connectivity index (χ1) is 12.1. The average Bonchev–Trinajstić information content (AvgIpc) is 2.50. The van der Waals surface area contributed by atoms with E-state index < -0.39 is 18.0 Å². The lowest BCUT2D eigenvalue weighted by molar-refractivity contribution is -0.143. The van der Waals surface area contributed by atoms with Crippen molar-refractivity contribution < 1.29 is 24.6 Å². The van der Waals surface area contributed by atoms with E-state index in [0.717, 1.165) is 32.1 Å². The van der Waals surface area contributed by atoms with Gasteiger partial charge >= 0.3 is 11.9 Å². The lowest BCUT2D eigenvalue weighted by atomic mass is 10.1. The minimum Gasteiger partial charge on any atom is -0.481 e. The Morgan fingerprint density at radius 3 is 1.77 bits per heavy atom. The van der Waals surface area contributed by atoms with Crippen LogP contribution >= 0.6 is 0 Å². The third-order valence-corrected chi connectivity index (χ3v) is 3.45. The van der Waals surface area contributed by atoms with Crippen LogP contribution in [0.1, 0.15) is 86.0 Å². The molecule has 0 bridgehead atoms. The Balaban J connectivity index is 0. The van der Waals surface area contributed by atoms with Crippen LogP contribution in [0, 0.1) is 0 Å². The van der Waals surface area contributed by atoms with E-state index in [1.165, 1.54) is 0 Å². The Morgan fingerprint density at radius 2 is 1.38 bits per heavy atom. The standard InChI is InChI=1S/C13H23NO5.C6H15N/c1-2-3-4-5-6-7-11(15)14-10(13(18)19)8-9-12(16)17;1-5(2)7-6(3)4/h10H,2-9H2,1H3,(H,14,15)(H,16,17)(H,18,19);5-7H,1-4H3. The van der Waals surface area contributed by atoms with E-state index in [1.807, 2.05) is 0 Å². The molecule has 0 radical (unpaired) electrons. The van der Waals surface area contributed by atoms with E-state index in [0.29, 0.717) is 18.5 Å². The van der Waals surface area contributed by atoms with Crippen molar-refractivity contribution in [3.63, 3.8) is 0 Å². The van der Waals surface area contributed by atoms with Crippen molar-refractivity contribution in [2.45, 2.75) is 104 Å². The third kappa shape index (κ3) is 20.4. The van der Waals surface area contributed by atoms with Crippen LogP contribution in [-0.2, 0) is 14.4 Å². The monoisotopic (exact) mass is 374 g/mol. The highest BCUT2D eigenvalue weighted by Gasteiger charge is 2.20. The molecule has 0 aromatic carbocycles. The summed E-state index contributed by atoms with van der Waals surface area (Å²) in [6, 6.07) is 0.138. The first-order valence-corrected chi connectivity index (χ1v) is 9.60. The molecule has 26 heavy (non-hydrogen) atoms. The highest BCUT2D eigenvalue weighted by atomic mass is 16.4. The van der Waals surface area contributed by atoms with Gasteiger partial charge in [0.25, 0.3) is 0 Å². The van der Waals surface area contributed by atoms with Crippen molar-refractivity contribution in [3.05, 3.63) is 0 Å². The van der Waals surface area contributed by atoms with Crippen molar-refractivity contribution >= 4 is 17.8 Å². The van der Waals surface area contributed by atoms with E-state index in [4.69, 9.17) is 10.2 Å². The second kappa shape index (κ2) is 16.8. The van der Waals surface area contributed by atoms with Gasteiger partial charge in [0.15, 0.2) is 0 Å². The number of carboxylic acids is 2. The normalized spacial score (nSPS) is 11.7. The number of hydrogen-bond donors (Lipinski definition) is 4. The molecule has 1 unspecified atom stereocenters. The zero-order chi connectivity index (χ0) is 20.5. The molecule has 154 valence electrons. The summed E-state index contributed by atoms with van der Waals surface area (Å²) in [6.07, 6.45) is 4.96. The zero-order valence-electron chi connectivity index (χ0n) is 17.0. The van der Waals surface area contributed by atoms with Crippen molar-refractivity contribution in [2.24, 2.45) is 0 Å². The molecular formula is C19H38N2O5. The van der Waals surface area contributed by atoms with E-state index >= 15 is 0 Å². The first-order valence-electron chi connectivity index (χ1n) is 9.60. The molecule has 0 saturated carbocycles. The Bertz CT molecular complexity index is 391. The largest absolute Gasteiger partial charge is 0.481 e. The molecule has 7 heteroatoms. The van der Waals surface area contributed by atoms with Gasteiger partial charge in [-0.05, 0) is 12.8 Å². The number of unbranched alkanes of at least 4 members (excludes halogenated alkanes) is 4. The Kier molecular flexibility index (Phi) is 17.2. The topological polar surface area (TPSA) is 116 Å². The molecule has 1 atom stereocenters. The Morgan fingerprint density at radius 1 is 0.846 bits per heavy atom. The maximum Gasteiger partial charge on any atom is 0.326 e. The average molecular weight is 375 g/mol. The fourth-order valence-electron chi connectivity index (χ4n) is 2.35. The molecule has 0 saturated heterocycles.